The molecule has 0 fully saturated rings. The van der Waals surface area contributed by atoms with Crippen LogP contribution in [0.25, 0.3) is 0 Å². The predicted molar refractivity (Wildman–Crippen MR) is 97.3 cm³/mol. The molecule has 6 heteroatoms. The summed E-state index contributed by atoms with van der Waals surface area (Å²) in [6.07, 6.45) is 0.656. The molecule has 1 aliphatic rings. The van der Waals surface area contributed by atoms with Gasteiger partial charge in [-0.3, -0.25) is 0 Å². The molecule has 1 aromatic heterocycles. The fraction of sp³-hybridized carbons (Fsp3) is 0.368. The van der Waals surface area contributed by atoms with Crippen molar-refractivity contribution in [2.75, 3.05) is 24.8 Å². The van der Waals surface area contributed by atoms with Crippen LogP contribution in [0.1, 0.15) is 30.5 Å². The summed E-state index contributed by atoms with van der Waals surface area (Å²) in [5.74, 6) is 1.94. The lowest BCUT2D eigenvalue weighted by Gasteiger charge is -2.33. The summed E-state index contributed by atoms with van der Waals surface area (Å²) in [6.45, 7) is 4.50. The molecular weight excluding hydrogens is 316 g/mol. The number of methoxy groups -OCH3 is 1. The standard InChI is InChI=1S/C19H22N4O2/c1-19(2)9-12-13(10-20)18(23-17(21-3)14(12)11-25-19)22-15-7-5-6-8-16(15)24-4/h5-8H,9,11H2,1-4H3,(H2,21,22,23). The quantitative estimate of drug-likeness (QED) is 0.887. The van der Waals surface area contributed by atoms with Gasteiger partial charge in [-0.05, 0) is 31.5 Å². The lowest BCUT2D eigenvalue weighted by Crippen LogP contribution is -2.33. The van der Waals surface area contributed by atoms with Crippen molar-refractivity contribution in [3.05, 3.63) is 41.0 Å². The Balaban J connectivity index is 2.13. The Kier molecular flexibility index (Phi) is 4.51. The molecular formula is C19H22N4O2. The average molecular weight is 338 g/mol. The van der Waals surface area contributed by atoms with Gasteiger partial charge in [-0.2, -0.15) is 5.26 Å². The summed E-state index contributed by atoms with van der Waals surface area (Å²) in [5, 5.41) is 16.2. The fourth-order valence-electron chi connectivity index (χ4n) is 3.06. The van der Waals surface area contributed by atoms with Crippen LogP contribution in [-0.2, 0) is 17.8 Å². The largest absolute Gasteiger partial charge is 0.495 e. The van der Waals surface area contributed by atoms with Gasteiger partial charge < -0.3 is 20.1 Å². The SMILES string of the molecule is CNc1nc(Nc2ccccc2OC)c(C#N)c2c1COC(C)(C)C2. The van der Waals surface area contributed by atoms with Gasteiger partial charge in [0.25, 0.3) is 0 Å². The van der Waals surface area contributed by atoms with E-state index >= 15 is 0 Å². The van der Waals surface area contributed by atoms with Gasteiger partial charge in [0, 0.05) is 19.0 Å². The van der Waals surface area contributed by atoms with Crippen molar-refractivity contribution < 1.29 is 9.47 Å². The highest BCUT2D eigenvalue weighted by molar-refractivity contribution is 5.73. The molecule has 0 aliphatic carbocycles. The Bertz CT molecular complexity index is 840. The molecule has 0 bridgehead atoms. The zero-order chi connectivity index (χ0) is 18.0. The van der Waals surface area contributed by atoms with Crippen molar-refractivity contribution in [3.63, 3.8) is 0 Å². The highest BCUT2D eigenvalue weighted by Crippen LogP contribution is 2.37. The number of para-hydroxylation sites is 2. The van der Waals surface area contributed by atoms with Crippen LogP contribution >= 0.6 is 0 Å². The van der Waals surface area contributed by atoms with Gasteiger partial charge in [0.15, 0.2) is 5.82 Å². The van der Waals surface area contributed by atoms with Crippen LogP contribution < -0.4 is 15.4 Å². The molecule has 0 unspecified atom stereocenters. The number of hydrogen-bond donors (Lipinski definition) is 2. The van der Waals surface area contributed by atoms with Crippen molar-refractivity contribution >= 4 is 17.3 Å². The minimum Gasteiger partial charge on any atom is -0.495 e. The van der Waals surface area contributed by atoms with Crippen molar-refractivity contribution in [3.8, 4) is 11.8 Å². The molecule has 130 valence electrons. The number of nitrogens with one attached hydrogen (secondary N) is 2. The first-order valence-electron chi connectivity index (χ1n) is 8.16. The van der Waals surface area contributed by atoms with Crippen LogP contribution in [0.2, 0.25) is 0 Å². The zero-order valence-electron chi connectivity index (χ0n) is 14.9. The highest BCUT2D eigenvalue weighted by Gasteiger charge is 2.31. The van der Waals surface area contributed by atoms with Gasteiger partial charge in [0.1, 0.15) is 17.6 Å². The van der Waals surface area contributed by atoms with E-state index in [0.29, 0.717) is 30.2 Å². The van der Waals surface area contributed by atoms with Crippen LogP contribution in [0.4, 0.5) is 17.3 Å². The number of hydrogen-bond acceptors (Lipinski definition) is 6. The molecule has 1 aromatic carbocycles. The summed E-state index contributed by atoms with van der Waals surface area (Å²) < 4.78 is 11.3. The van der Waals surface area contributed by atoms with Gasteiger partial charge in [0.2, 0.25) is 0 Å². The highest BCUT2D eigenvalue weighted by atomic mass is 16.5. The van der Waals surface area contributed by atoms with Crippen LogP contribution in [0, 0.1) is 11.3 Å². The van der Waals surface area contributed by atoms with Gasteiger partial charge in [-0.1, -0.05) is 12.1 Å². The molecule has 0 saturated carbocycles. The van der Waals surface area contributed by atoms with E-state index in [1.807, 2.05) is 45.2 Å². The lowest BCUT2D eigenvalue weighted by atomic mass is 9.89. The van der Waals surface area contributed by atoms with Crippen LogP contribution in [-0.4, -0.2) is 24.7 Å². The van der Waals surface area contributed by atoms with E-state index in [9.17, 15) is 5.26 Å². The Morgan fingerprint density at radius 1 is 1.24 bits per heavy atom. The summed E-state index contributed by atoms with van der Waals surface area (Å²) in [5.41, 5.74) is 2.94. The van der Waals surface area contributed by atoms with Gasteiger partial charge in [-0.25, -0.2) is 4.98 Å². The van der Waals surface area contributed by atoms with E-state index in [1.54, 1.807) is 7.11 Å². The zero-order valence-corrected chi connectivity index (χ0v) is 14.9. The van der Waals surface area contributed by atoms with E-state index in [-0.39, 0.29) is 5.60 Å². The van der Waals surface area contributed by atoms with E-state index in [0.717, 1.165) is 22.6 Å². The first-order valence-corrected chi connectivity index (χ1v) is 8.16. The molecule has 6 nitrogen and oxygen atoms in total. The minimum atomic E-state index is -0.313. The Hall–Kier alpha value is -2.78. The van der Waals surface area contributed by atoms with E-state index < -0.39 is 0 Å². The lowest BCUT2D eigenvalue weighted by molar-refractivity contribution is -0.0399. The summed E-state index contributed by atoms with van der Waals surface area (Å²) in [7, 11) is 3.44. The average Bonchev–Trinajstić information content (AvgIpc) is 2.60. The maximum absolute atomic E-state index is 9.79. The number of fused-ring (bicyclic) bond motifs is 1. The normalized spacial score (nSPS) is 15.0. The smallest absolute Gasteiger partial charge is 0.151 e. The first-order chi connectivity index (χ1) is 12.0. The first kappa shape index (κ1) is 17.1. The van der Waals surface area contributed by atoms with Crippen molar-refractivity contribution in [2.24, 2.45) is 0 Å². The predicted octanol–water partition coefficient (Wildman–Crippen LogP) is 3.60. The molecule has 1 aliphatic heterocycles. The van der Waals surface area contributed by atoms with Crippen LogP contribution in [0.3, 0.4) is 0 Å². The minimum absolute atomic E-state index is 0.313. The summed E-state index contributed by atoms with van der Waals surface area (Å²) in [4.78, 5) is 4.61. The molecule has 2 heterocycles. The monoisotopic (exact) mass is 338 g/mol. The molecule has 0 spiro atoms. The number of anilines is 3. The Morgan fingerprint density at radius 2 is 2.00 bits per heavy atom. The third kappa shape index (κ3) is 3.24. The number of aromatic nitrogens is 1. The molecule has 0 atom stereocenters. The van der Waals surface area contributed by atoms with Crippen LogP contribution in [0.15, 0.2) is 24.3 Å². The third-order valence-electron chi connectivity index (χ3n) is 4.33. The van der Waals surface area contributed by atoms with Gasteiger partial charge in [-0.15, -0.1) is 0 Å². The molecule has 2 N–H and O–H groups in total. The third-order valence-corrected chi connectivity index (χ3v) is 4.33. The molecule has 0 amide bonds. The van der Waals surface area contributed by atoms with Gasteiger partial charge >= 0.3 is 0 Å². The van der Waals surface area contributed by atoms with Gasteiger partial charge in [0.05, 0.1) is 30.6 Å². The van der Waals surface area contributed by atoms with Crippen molar-refractivity contribution in [1.82, 2.24) is 4.98 Å². The number of benzene rings is 1. The number of nitrogens with zero attached hydrogens (tertiary/aromatic N) is 2. The topological polar surface area (TPSA) is 79.2 Å². The van der Waals surface area contributed by atoms with E-state index in [1.165, 1.54) is 0 Å². The van der Waals surface area contributed by atoms with E-state index in [2.05, 4.69) is 21.7 Å². The molecule has 0 radical (unpaired) electrons. The maximum atomic E-state index is 9.79. The number of nitriles is 1. The number of ether oxygens (including phenoxy) is 2. The number of rotatable bonds is 4. The van der Waals surface area contributed by atoms with E-state index in [4.69, 9.17) is 9.47 Å². The molecule has 2 aromatic rings. The number of pyridine rings is 1. The molecule has 0 saturated heterocycles. The fourth-order valence-corrected chi connectivity index (χ4v) is 3.06. The summed E-state index contributed by atoms with van der Waals surface area (Å²) in [6, 6.07) is 9.89. The second-order valence-electron chi connectivity index (χ2n) is 6.55. The maximum Gasteiger partial charge on any atom is 0.151 e. The van der Waals surface area contributed by atoms with Crippen molar-refractivity contribution in [1.29, 1.82) is 5.26 Å². The summed E-state index contributed by atoms with van der Waals surface area (Å²) >= 11 is 0. The molecule has 3 rings (SSSR count). The Labute approximate surface area is 147 Å². The second-order valence-corrected chi connectivity index (χ2v) is 6.55. The second kappa shape index (κ2) is 6.61. The Morgan fingerprint density at radius 3 is 2.68 bits per heavy atom. The van der Waals surface area contributed by atoms with Crippen molar-refractivity contribution in [2.45, 2.75) is 32.5 Å². The molecule has 25 heavy (non-hydrogen) atoms. The van der Waals surface area contributed by atoms with Crippen LogP contribution in [0.5, 0.6) is 5.75 Å².